The minimum atomic E-state index is -0.210. The van der Waals surface area contributed by atoms with E-state index in [0.29, 0.717) is 34.7 Å². The van der Waals surface area contributed by atoms with E-state index in [1.54, 1.807) is 24.5 Å². The lowest BCUT2D eigenvalue weighted by atomic mass is 10.1. The van der Waals surface area contributed by atoms with Crippen molar-refractivity contribution < 1.29 is 9.53 Å². The summed E-state index contributed by atoms with van der Waals surface area (Å²) in [5.41, 5.74) is 1.65. The third-order valence-corrected chi connectivity index (χ3v) is 5.53. The van der Waals surface area contributed by atoms with Gasteiger partial charge in [0.05, 0.1) is 18.8 Å². The largest absolute Gasteiger partial charge is 0.378 e. The molecule has 0 bridgehead atoms. The molecule has 1 aromatic carbocycles. The van der Waals surface area contributed by atoms with Gasteiger partial charge in [-0.05, 0) is 29.8 Å². The molecule has 144 valence electrons. The number of aromatic nitrogens is 2. The molecule has 6 nitrogen and oxygen atoms in total. The van der Waals surface area contributed by atoms with Gasteiger partial charge in [0.1, 0.15) is 5.82 Å². The zero-order chi connectivity index (χ0) is 19.3. The second-order valence-electron chi connectivity index (χ2n) is 6.37. The van der Waals surface area contributed by atoms with Crippen molar-refractivity contribution in [3.05, 3.63) is 69.8 Å². The van der Waals surface area contributed by atoms with Crippen LogP contribution in [-0.4, -0.2) is 42.2 Å². The van der Waals surface area contributed by atoms with Crippen LogP contribution in [0, 0.1) is 0 Å². The lowest BCUT2D eigenvalue weighted by Gasteiger charge is -2.29. The molecule has 28 heavy (non-hydrogen) atoms. The van der Waals surface area contributed by atoms with Crippen molar-refractivity contribution in [1.82, 2.24) is 9.97 Å². The molecular formula is C20H19ClN4O2S. The molecule has 0 atom stereocenters. The number of hydrogen-bond acceptors (Lipinski definition) is 6. The highest BCUT2D eigenvalue weighted by molar-refractivity contribution is 7.15. The maximum Gasteiger partial charge on any atom is 0.261 e. The van der Waals surface area contributed by atoms with Gasteiger partial charge in [0.15, 0.2) is 5.13 Å². The van der Waals surface area contributed by atoms with Crippen molar-refractivity contribution in [2.45, 2.75) is 6.42 Å². The second kappa shape index (κ2) is 8.68. The number of benzene rings is 1. The summed E-state index contributed by atoms with van der Waals surface area (Å²) in [7, 11) is 0. The molecule has 1 aliphatic heterocycles. The quantitative estimate of drug-likeness (QED) is 0.686. The fourth-order valence-corrected chi connectivity index (χ4v) is 4.12. The molecule has 1 saturated heterocycles. The number of hydrogen-bond donors (Lipinski definition) is 1. The predicted molar refractivity (Wildman–Crippen MR) is 112 cm³/mol. The molecule has 0 radical (unpaired) electrons. The first-order chi connectivity index (χ1) is 13.7. The SMILES string of the molecule is O=C(Nc1ncc(Cc2cccc(Cl)c2)s1)c1cccnc1N1CCOCC1. The number of pyridine rings is 1. The number of amides is 1. The predicted octanol–water partition coefficient (Wildman–Crippen LogP) is 3.87. The van der Waals surface area contributed by atoms with Gasteiger partial charge >= 0.3 is 0 Å². The number of carbonyl (C=O) groups is 1. The van der Waals surface area contributed by atoms with Crippen molar-refractivity contribution in [2.24, 2.45) is 0 Å². The third-order valence-electron chi connectivity index (χ3n) is 4.38. The van der Waals surface area contributed by atoms with Crippen LogP contribution < -0.4 is 10.2 Å². The zero-order valence-electron chi connectivity index (χ0n) is 15.1. The van der Waals surface area contributed by atoms with E-state index in [-0.39, 0.29) is 5.91 Å². The molecule has 4 rings (SSSR count). The van der Waals surface area contributed by atoms with Gasteiger partial charge in [0.2, 0.25) is 0 Å². The molecular weight excluding hydrogens is 396 g/mol. The summed E-state index contributed by atoms with van der Waals surface area (Å²) in [5.74, 6) is 0.470. The highest BCUT2D eigenvalue weighted by Crippen LogP contribution is 2.24. The van der Waals surface area contributed by atoms with E-state index in [9.17, 15) is 4.79 Å². The van der Waals surface area contributed by atoms with E-state index < -0.39 is 0 Å². The Labute approximate surface area is 172 Å². The van der Waals surface area contributed by atoms with Gasteiger partial charge in [0, 0.05) is 41.8 Å². The summed E-state index contributed by atoms with van der Waals surface area (Å²) in [5, 5.41) is 4.18. The summed E-state index contributed by atoms with van der Waals surface area (Å²) in [6.07, 6.45) is 4.21. The Bertz CT molecular complexity index is 972. The maximum absolute atomic E-state index is 12.8. The summed E-state index contributed by atoms with van der Waals surface area (Å²) in [6, 6.07) is 11.3. The minimum Gasteiger partial charge on any atom is -0.378 e. The van der Waals surface area contributed by atoms with Crippen LogP contribution in [0.1, 0.15) is 20.8 Å². The van der Waals surface area contributed by atoms with Crippen molar-refractivity contribution in [3.8, 4) is 0 Å². The Morgan fingerprint density at radius 2 is 2.07 bits per heavy atom. The Morgan fingerprint density at radius 3 is 2.89 bits per heavy atom. The van der Waals surface area contributed by atoms with E-state index in [4.69, 9.17) is 16.3 Å². The third kappa shape index (κ3) is 4.49. The topological polar surface area (TPSA) is 67.4 Å². The molecule has 2 aromatic heterocycles. The normalized spacial score (nSPS) is 14.1. The highest BCUT2D eigenvalue weighted by atomic mass is 35.5. The average molecular weight is 415 g/mol. The summed E-state index contributed by atoms with van der Waals surface area (Å²) < 4.78 is 5.39. The minimum absolute atomic E-state index is 0.210. The van der Waals surface area contributed by atoms with E-state index in [2.05, 4.69) is 20.2 Å². The second-order valence-corrected chi connectivity index (χ2v) is 7.92. The maximum atomic E-state index is 12.8. The van der Waals surface area contributed by atoms with Crippen molar-refractivity contribution in [2.75, 3.05) is 36.5 Å². The van der Waals surface area contributed by atoms with E-state index in [1.807, 2.05) is 24.3 Å². The van der Waals surface area contributed by atoms with Crippen LogP contribution in [0.4, 0.5) is 10.9 Å². The zero-order valence-corrected chi connectivity index (χ0v) is 16.7. The van der Waals surface area contributed by atoms with Gasteiger partial charge in [-0.3, -0.25) is 10.1 Å². The number of morpholine rings is 1. The Hall–Kier alpha value is -2.48. The van der Waals surface area contributed by atoms with Crippen molar-refractivity contribution in [3.63, 3.8) is 0 Å². The van der Waals surface area contributed by atoms with Crippen LogP contribution in [0.25, 0.3) is 0 Å². The van der Waals surface area contributed by atoms with Gasteiger partial charge in [-0.25, -0.2) is 9.97 Å². The fourth-order valence-electron chi connectivity index (χ4n) is 3.06. The standard InChI is InChI=1S/C20H19ClN4O2S/c21-15-4-1-3-14(11-15)12-16-13-23-20(28-16)24-19(26)17-5-2-6-22-18(17)25-7-9-27-10-8-25/h1-6,11,13H,7-10,12H2,(H,23,24,26). The number of nitrogens with one attached hydrogen (secondary N) is 1. The van der Waals surface area contributed by atoms with Crippen molar-refractivity contribution in [1.29, 1.82) is 0 Å². The number of halogens is 1. The van der Waals surface area contributed by atoms with Crippen LogP contribution in [0.2, 0.25) is 5.02 Å². The van der Waals surface area contributed by atoms with E-state index >= 15 is 0 Å². The van der Waals surface area contributed by atoms with Crippen LogP contribution in [-0.2, 0) is 11.2 Å². The number of ether oxygens (including phenoxy) is 1. The first kappa shape index (κ1) is 18.9. The number of anilines is 2. The lowest BCUT2D eigenvalue weighted by molar-refractivity contribution is 0.102. The molecule has 0 saturated carbocycles. The Morgan fingerprint density at radius 1 is 1.21 bits per heavy atom. The van der Waals surface area contributed by atoms with Crippen LogP contribution >= 0.6 is 22.9 Å². The summed E-state index contributed by atoms with van der Waals surface area (Å²) >= 11 is 7.50. The van der Waals surface area contributed by atoms with Crippen LogP contribution in [0.5, 0.6) is 0 Å². The first-order valence-electron chi connectivity index (χ1n) is 8.97. The molecule has 1 aliphatic rings. The molecule has 8 heteroatoms. The molecule has 1 amide bonds. The van der Waals surface area contributed by atoms with Gasteiger partial charge < -0.3 is 9.64 Å². The Kier molecular flexibility index (Phi) is 5.85. The molecule has 0 unspecified atom stereocenters. The van der Waals surface area contributed by atoms with Gasteiger partial charge in [-0.15, -0.1) is 11.3 Å². The summed E-state index contributed by atoms with van der Waals surface area (Å²) in [6.45, 7) is 2.71. The number of thiazole rings is 1. The van der Waals surface area contributed by atoms with Gasteiger partial charge in [-0.1, -0.05) is 23.7 Å². The first-order valence-corrected chi connectivity index (χ1v) is 10.2. The van der Waals surface area contributed by atoms with Crippen molar-refractivity contribution >= 4 is 39.8 Å². The van der Waals surface area contributed by atoms with Gasteiger partial charge in [0.25, 0.3) is 5.91 Å². The molecule has 1 N–H and O–H groups in total. The molecule has 3 aromatic rings. The average Bonchev–Trinajstić information content (AvgIpc) is 3.15. The molecule has 0 spiro atoms. The fraction of sp³-hybridized carbons (Fsp3) is 0.250. The van der Waals surface area contributed by atoms with E-state index in [0.717, 1.165) is 30.0 Å². The lowest BCUT2D eigenvalue weighted by Crippen LogP contribution is -2.38. The monoisotopic (exact) mass is 414 g/mol. The van der Waals surface area contributed by atoms with Gasteiger partial charge in [-0.2, -0.15) is 0 Å². The molecule has 1 fully saturated rings. The summed E-state index contributed by atoms with van der Waals surface area (Å²) in [4.78, 5) is 24.7. The van der Waals surface area contributed by atoms with Crippen LogP contribution in [0.15, 0.2) is 48.8 Å². The number of carbonyl (C=O) groups excluding carboxylic acids is 1. The highest BCUT2D eigenvalue weighted by Gasteiger charge is 2.20. The van der Waals surface area contributed by atoms with E-state index in [1.165, 1.54) is 11.3 Å². The number of nitrogens with zero attached hydrogens (tertiary/aromatic N) is 3. The molecule has 3 heterocycles. The molecule has 0 aliphatic carbocycles. The smallest absolute Gasteiger partial charge is 0.261 e. The van der Waals surface area contributed by atoms with Crippen LogP contribution in [0.3, 0.4) is 0 Å². The Balaban J connectivity index is 1.47. The number of rotatable bonds is 5.